The van der Waals surface area contributed by atoms with Crippen molar-refractivity contribution in [1.82, 2.24) is 9.97 Å². The predicted molar refractivity (Wildman–Crippen MR) is 71.5 cm³/mol. The van der Waals surface area contributed by atoms with Gasteiger partial charge in [0.05, 0.1) is 6.10 Å². The summed E-state index contributed by atoms with van der Waals surface area (Å²) in [7, 11) is 0. The van der Waals surface area contributed by atoms with Crippen LogP contribution in [0.25, 0.3) is 0 Å². The minimum atomic E-state index is -4.62. The van der Waals surface area contributed by atoms with Gasteiger partial charge in [0, 0.05) is 25.1 Å². The molecule has 0 aliphatic carbocycles. The number of hydrogen-bond acceptors (Lipinski definition) is 6. The smallest absolute Gasteiger partial charge is 0.378 e. The molecule has 6 nitrogen and oxygen atoms in total. The van der Waals surface area contributed by atoms with Crippen LogP contribution in [-0.2, 0) is 10.9 Å². The lowest BCUT2D eigenvalue weighted by molar-refractivity contribution is -0.144. The van der Waals surface area contributed by atoms with Crippen molar-refractivity contribution in [3.8, 4) is 0 Å². The highest BCUT2D eigenvalue weighted by Gasteiger charge is 2.35. The highest BCUT2D eigenvalue weighted by molar-refractivity contribution is 5.47. The van der Waals surface area contributed by atoms with Crippen molar-refractivity contribution in [1.29, 1.82) is 0 Å². The molecule has 1 aliphatic heterocycles. The first-order chi connectivity index (χ1) is 9.94. The lowest BCUT2D eigenvalue weighted by Crippen LogP contribution is -2.24. The second-order valence-electron chi connectivity index (χ2n) is 4.85. The van der Waals surface area contributed by atoms with E-state index in [0.717, 1.165) is 12.8 Å². The van der Waals surface area contributed by atoms with E-state index < -0.39 is 12.0 Å². The number of nitrogen functional groups attached to an aromatic ring is 1. The maximum atomic E-state index is 12.7. The molecule has 1 aromatic rings. The number of rotatable bonds is 5. The number of aromatic nitrogens is 2. The molecule has 1 saturated heterocycles. The van der Waals surface area contributed by atoms with Gasteiger partial charge in [0.25, 0.3) is 0 Å². The molecule has 0 saturated carbocycles. The highest BCUT2D eigenvalue weighted by atomic mass is 19.4. The Morgan fingerprint density at radius 3 is 2.71 bits per heavy atom. The Bertz CT molecular complexity index is 482. The molecular formula is C12H18F3N5O. The topological polar surface area (TPSA) is 85.1 Å². The van der Waals surface area contributed by atoms with E-state index >= 15 is 0 Å². The van der Waals surface area contributed by atoms with Crippen LogP contribution < -0.4 is 16.6 Å². The predicted octanol–water partition coefficient (Wildman–Crippen LogP) is 2.01. The molecule has 2 heterocycles. The first-order valence-corrected chi connectivity index (χ1v) is 6.72. The van der Waals surface area contributed by atoms with Gasteiger partial charge in [0.1, 0.15) is 11.6 Å². The van der Waals surface area contributed by atoms with Crippen molar-refractivity contribution in [3.05, 3.63) is 11.9 Å². The standard InChI is InChI=1S/C12H18F3N5O/c1-2-8-7(3-4-21-8)6-17-9-5-10(20-16)19-11(18-9)12(13,14)15/h5,7-8H,2-4,6,16H2,1H3,(H2,17,18,19,20). The zero-order valence-electron chi connectivity index (χ0n) is 11.6. The molecule has 2 rings (SSSR count). The normalized spacial score (nSPS) is 22.3. The monoisotopic (exact) mass is 305 g/mol. The van der Waals surface area contributed by atoms with Crippen molar-refractivity contribution in [3.63, 3.8) is 0 Å². The molecule has 2 unspecified atom stereocenters. The van der Waals surface area contributed by atoms with Gasteiger partial charge in [0.2, 0.25) is 5.82 Å². The third-order valence-corrected chi connectivity index (χ3v) is 3.42. The number of anilines is 2. The van der Waals surface area contributed by atoms with E-state index in [1.165, 1.54) is 6.07 Å². The van der Waals surface area contributed by atoms with Crippen LogP contribution in [0.1, 0.15) is 25.6 Å². The molecule has 118 valence electrons. The number of alkyl halides is 3. The summed E-state index contributed by atoms with van der Waals surface area (Å²) < 4.78 is 43.6. The lowest BCUT2D eigenvalue weighted by Gasteiger charge is -2.18. The van der Waals surface area contributed by atoms with Gasteiger partial charge in [-0.25, -0.2) is 15.8 Å². The highest BCUT2D eigenvalue weighted by Crippen LogP contribution is 2.29. The summed E-state index contributed by atoms with van der Waals surface area (Å²) >= 11 is 0. The van der Waals surface area contributed by atoms with Gasteiger partial charge in [-0.2, -0.15) is 13.2 Å². The van der Waals surface area contributed by atoms with Crippen LogP contribution in [0.4, 0.5) is 24.8 Å². The number of nitrogens with two attached hydrogens (primary N) is 1. The average molecular weight is 305 g/mol. The molecule has 9 heteroatoms. The summed E-state index contributed by atoms with van der Waals surface area (Å²) in [5.41, 5.74) is 2.11. The van der Waals surface area contributed by atoms with Crippen LogP contribution in [0.2, 0.25) is 0 Å². The summed E-state index contributed by atoms with van der Waals surface area (Å²) in [4.78, 5) is 6.78. The van der Waals surface area contributed by atoms with Gasteiger partial charge in [-0.3, -0.25) is 0 Å². The Morgan fingerprint density at radius 1 is 1.38 bits per heavy atom. The zero-order valence-corrected chi connectivity index (χ0v) is 11.6. The van der Waals surface area contributed by atoms with E-state index in [4.69, 9.17) is 10.6 Å². The van der Waals surface area contributed by atoms with E-state index in [2.05, 4.69) is 20.7 Å². The Labute approximate surface area is 120 Å². The number of nitrogens with zero attached hydrogens (tertiary/aromatic N) is 2. The fourth-order valence-electron chi connectivity index (χ4n) is 2.35. The van der Waals surface area contributed by atoms with Gasteiger partial charge >= 0.3 is 6.18 Å². The van der Waals surface area contributed by atoms with Gasteiger partial charge in [-0.1, -0.05) is 6.92 Å². The third-order valence-electron chi connectivity index (χ3n) is 3.42. The summed E-state index contributed by atoms with van der Waals surface area (Å²) in [6.07, 6.45) is -2.73. The van der Waals surface area contributed by atoms with E-state index in [9.17, 15) is 13.2 Å². The first kappa shape index (κ1) is 15.8. The summed E-state index contributed by atoms with van der Waals surface area (Å²) in [6.45, 7) is 3.20. The Hall–Kier alpha value is -1.61. The van der Waals surface area contributed by atoms with E-state index in [-0.39, 0.29) is 23.7 Å². The van der Waals surface area contributed by atoms with E-state index in [1.807, 2.05) is 6.92 Å². The van der Waals surface area contributed by atoms with Crippen LogP contribution in [0.15, 0.2) is 6.07 Å². The van der Waals surface area contributed by atoms with Crippen molar-refractivity contribution >= 4 is 11.6 Å². The first-order valence-electron chi connectivity index (χ1n) is 6.72. The Morgan fingerprint density at radius 2 is 2.10 bits per heavy atom. The van der Waals surface area contributed by atoms with E-state index in [1.54, 1.807) is 0 Å². The molecule has 0 amide bonds. The molecule has 1 fully saturated rings. The molecule has 0 aromatic carbocycles. The minimum Gasteiger partial charge on any atom is -0.378 e. The zero-order chi connectivity index (χ0) is 15.5. The lowest BCUT2D eigenvalue weighted by atomic mass is 10.00. The molecule has 1 aromatic heterocycles. The Balaban J connectivity index is 2.09. The molecule has 0 bridgehead atoms. The van der Waals surface area contributed by atoms with Crippen LogP contribution >= 0.6 is 0 Å². The second-order valence-corrected chi connectivity index (χ2v) is 4.85. The molecule has 0 radical (unpaired) electrons. The van der Waals surface area contributed by atoms with Gasteiger partial charge in [-0.15, -0.1) is 0 Å². The van der Waals surface area contributed by atoms with Crippen LogP contribution in [0.5, 0.6) is 0 Å². The molecule has 1 aliphatic rings. The fourth-order valence-corrected chi connectivity index (χ4v) is 2.35. The van der Waals surface area contributed by atoms with Crippen LogP contribution in [0.3, 0.4) is 0 Å². The fraction of sp³-hybridized carbons (Fsp3) is 0.667. The molecule has 21 heavy (non-hydrogen) atoms. The molecular weight excluding hydrogens is 287 g/mol. The molecule has 0 spiro atoms. The van der Waals surface area contributed by atoms with Crippen molar-refractivity contribution < 1.29 is 17.9 Å². The average Bonchev–Trinajstić information content (AvgIpc) is 2.91. The summed E-state index contributed by atoms with van der Waals surface area (Å²) in [5, 5.41) is 2.91. The van der Waals surface area contributed by atoms with Crippen molar-refractivity contribution in [2.24, 2.45) is 11.8 Å². The summed E-state index contributed by atoms with van der Waals surface area (Å²) in [6, 6.07) is 1.34. The van der Waals surface area contributed by atoms with Crippen LogP contribution in [0, 0.1) is 5.92 Å². The van der Waals surface area contributed by atoms with Gasteiger partial charge in [0.15, 0.2) is 0 Å². The SMILES string of the molecule is CCC1OCCC1CNc1cc(NN)nc(C(F)(F)F)n1. The largest absolute Gasteiger partial charge is 0.451 e. The third kappa shape index (κ3) is 3.94. The molecule has 4 N–H and O–H groups in total. The quantitative estimate of drug-likeness (QED) is 0.570. The number of halogens is 3. The number of hydrogen-bond donors (Lipinski definition) is 3. The number of ether oxygens (including phenoxy) is 1. The summed E-state index contributed by atoms with van der Waals surface area (Å²) in [5.74, 6) is 4.17. The Kier molecular flexibility index (Phi) is 4.84. The van der Waals surface area contributed by atoms with Crippen LogP contribution in [-0.4, -0.2) is 29.2 Å². The molecule has 2 atom stereocenters. The van der Waals surface area contributed by atoms with Gasteiger partial charge in [-0.05, 0) is 12.8 Å². The van der Waals surface area contributed by atoms with E-state index in [0.29, 0.717) is 13.2 Å². The maximum absolute atomic E-state index is 12.7. The number of hydrazine groups is 1. The van der Waals surface area contributed by atoms with Crippen molar-refractivity contribution in [2.45, 2.75) is 32.0 Å². The van der Waals surface area contributed by atoms with Crippen molar-refractivity contribution in [2.75, 3.05) is 23.9 Å². The van der Waals surface area contributed by atoms with Gasteiger partial charge < -0.3 is 15.5 Å². The second kappa shape index (κ2) is 6.44. The minimum absolute atomic E-state index is 0.0884. The number of nitrogens with one attached hydrogen (secondary N) is 2. The maximum Gasteiger partial charge on any atom is 0.451 e.